The molecule has 0 bridgehead atoms. The second-order valence-electron chi connectivity index (χ2n) is 4.70. The first-order chi connectivity index (χ1) is 9.67. The van der Waals surface area contributed by atoms with Crippen LogP contribution in [0.1, 0.15) is 30.3 Å². The Labute approximate surface area is 124 Å². The largest absolute Gasteiger partial charge is 0.370 e. The number of nitrogens with zero attached hydrogens (tertiary/aromatic N) is 3. The number of anilines is 1. The van der Waals surface area contributed by atoms with E-state index in [4.69, 9.17) is 0 Å². The molecule has 5 heteroatoms. The maximum Gasteiger partial charge on any atom is 0.188 e. The molecule has 0 spiro atoms. The van der Waals surface area contributed by atoms with Crippen LogP contribution < -0.4 is 5.32 Å². The fourth-order valence-corrected chi connectivity index (χ4v) is 2.66. The highest BCUT2D eigenvalue weighted by molar-refractivity contribution is 7.98. The highest BCUT2D eigenvalue weighted by Gasteiger charge is 2.02. The van der Waals surface area contributed by atoms with Crippen LogP contribution in [0.15, 0.2) is 29.6 Å². The Kier molecular flexibility index (Phi) is 5.35. The van der Waals surface area contributed by atoms with Crippen LogP contribution in [-0.2, 0) is 5.75 Å². The van der Waals surface area contributed by atoms with Gasteiger partial charge in [-0.3, -0.25) is 0 Å². The molecule has 106 valence electrons. The molecule has 0 saturated heterocycles. The van der Waals surface area contributed by atoms with Gasteiger partial charge in [0.15, 0.2) is 5.16 Å². The van der Waals surface area contributed by atoms with E-state index in [-0.39, 0.29) is 0 Å². The van der Waals surface area contributed by atoms with Crippen LogP contribution in [-0.4, -0.2) is 21.5 Å². The van der Waals surface area contributed by atoms with Crippen LogP contribution in [0.4, 0.5) is 5.82 Å². The fourth-order valence-electron chi connectivity index (χ4n) is 1.77. The Morgan fingerprint density at radius 2 is 1.90 bits per heavy atom. The number of pyridine rings is 1. The van der Waals surface area contributed by atoms with Crippen molar-refractivity contribution in [2.75, 3.05) is 11.9 Å². The molecule has 2 heterocycles. The van der Waals surface area contributed by atoms with Gasteiger partial charge in [-0.1, -0.05) is 24.8 Å². The molecule has 0 unspecified atom stereocenters. The molecule has 1 N–H and O–H groups in total. The number of aryl methyl sites for hydroxylation is 2. The van der Waals surface area contributed by atoms with Gasteiger partial charge < -0.3 is 5.32 Å². The third kappa shape index (κ3) is 4.49. The molecule has 4 nitrogen and oxygen atoms in total. The van der Waals surface area contributed by atoms with Gasteiger partial charge in [0.05, 0.1) is 0 Å². The standard InChI is InChI=1S/C15H20N4S/c1-4-7-16-14-6-5-13(9-17-14)10-20-15-18-11(2)8-12(3)19-15/h5-6,8-9H,4,7,10H2,1-3H3,(H,16,17). The number of rotatable bonds is 6. The lowest BCUT2D eigenvalue weighted by atomic mass is 10.3. The molecule has 0 aliphatic carbocycles. The van der Waals surface area contributed by atoms with Gasteiger partial charge in [-0.15, -0.1) is 0 Å². The van der Waals surface area contributed by atoms with Crippen molar-refractivity contribution >= 4 is 17.6 Å². The number of hydrogen-bond donors (Lipinski definition) is 1. The van der Waals surface area contributed by atoms with E-state index in [2.05, 4.69) is 33.3 Å². The molecule has 2 aromatic heterocycles. The van der Waals surface area contributed by atoms with Crippen molar-refractivity contribution in [3.05, 3.63) is 41.3 Å². The average Bonchev–Trinajstić information content (AvgIpc) is 2.43. The van der Waals surface area contributed by atoms with Gasteiger partial charge in [-0.25, -0.2) is 15.0 Å². The molecule has 0 amide bonds. The Balaban J connectivity index is 1.93. The van der Waals surface area contributed by atoms with E-state index in [1.165, 1.54) is 5.56 Å². The summed E-state index contributed by atoms with van der Waals surface area (Å²) in [5.74, 6) is 1.77. The van der Waals surface area contributed by atoms with Crippen molar-refractivity contribution in [1.82, 2.24) is 15.0 Å². The van der Waals surface area contributed by atoms with Gasteiger partial charge in [0, 0.05) is 29.9 Å². The fraction of sp³-hybridized carbons (Fsp3) is 0.400. The molecule has 0 atom stereocenters. The minimum atomic E-state index is 0.829. The average molecular weight is 288 g/mol. The number of hydrogen-bond acceptors (Lipinski definition) is 5. The summed E-state index contributed by atoms with van der Waals surface area (Å²) in [6.07, 6.45) is 3.01. The zero-order valence-corrected chi connectivity index (χ0v) is 13.0. The van der Waals surface area contributed by atoms with E-state index in [0.717, 1.165) is 41.1 Å². The van der Waals surface area contributed by atoms with Gasteiger partial charge in [0.2, 0.25) is 0 Å². The lowest BCUT2D eigenvalue weighted by Crippen LogP contribution is -2.01. The van der Waals surface area contributed by atoms with Gasteiger partial charge in [-0.2, -0.15) is 0 Å². The molecule has 0 radical (unpaired) electrons. The van der Waals surface area contributed by atoms with Crippen LogP contribution in [0.3, 0.4) is 0 Å². The van der Waals surface area contributed by atoms with Crippen LogP contribution in [0, 0.1) is 13.8 Å². The molecular formula is C15H20N4S. The first-order valence-electron chi connectivity index (χ1n) is 6.81. The normalized spacial score (nSPS) is 10.6. The summed E-state index contributed by atoms with van der Waals surface area (Å²) >= 11 is 1.64. The van der Waals surface area contributed by atoms with Crippen molar-refractivity contribution in [2.24, 2.45) is 0 Å². The number of thioether (sulfide) groups is 1. The topological polar surface area (TPSA) is 50.7 Å². The summed E-state index contributed by atoms with van der Waals surface area (Å²) < 4.78 is 0. The number of nitrogens with one attached hydrogen (secondary N) is 1. The minimum Gasteiger partial charge on any atom is -0.370 e. The molecular weight excluding hydrogens is 268 g/mol. The van der Waals surface area contributed by atoms with E-state index < -0.39 is 0 Å². The van der Waals surface area contributed by atoms with E-state index in [9.17, 15) is 0 Å². The second-order valence-corrected chi connectivity index (χ2v) is 5.64. The first-order valence-corrected chi connectivity index (χ1v) is 7.80. The van der Waals surface area contributed by atoms with Crippen molar-refractivity contribution in [2.45, 2.75) is 38.1 Å². The zero-order chi connectivity index (χ0) is 14.4. The third-order valence-corrected chi connectivity index (χ3v) is 3.63. The van der Waals surface area contributed by atoms with Crippen LogP contribution in [0.25, 0.3) is 0 Å². The monoisotopic (exact) mass is 288 g/mol. The Bertz CT molecular complexity index is 534. The van der Waals surface area contributed by atoms with Crippen molar-refractivity contribution in [3.8, 4) is 0 Å². The Morgan fingerprint density at radius 1 is 1.15 bits per heavy atom. The molecule has 0 aliphatic heterocycles. The Hall–Kier alpha value is -1.62. The van der Waals surface area contributed by atoms with Crippen molar-refractivity contribution < 1.29 is 0 Å². The van der Waals surface area contributed by atoms with Gasteiger partial charge in [0.25, 0.3) is 0 Å². The van der Waals surface area contributed by atoms with Gasteiger partial charge >= 0.3 is 0 Å². The molecule has 2 rings (SSSR count). The van der Waals surface area contributed by atoms with Crippen molar-refractivity contribution in [3.63, 3.8) is 0 Å². The summed E-state index contributed by atoms with van der Waals surface area (Å²) in [5.41, 5.74) is 3.20. The third-order valence-electron chi connectivity index (χ3n) is 2.71. The molecule has 0 aliphatic rings. The van der Waals surface area contributed by atoms with Gasteiger partial charge in [0.1, 0.15) is 5.82 Å². The van der Waals surface area contributed by atoms with Crippen LogP contribution in [0.2, 0.25) is 0 Å². The quantitative estimate of drug-likeness (QED) is 0.650. The lowest BCUT2D eigenvalue weighted by Gasteiger charge is -2.05. The summed E-state index contributed by atoms with van der Waals surface area (Å²) in [6, 6.07) is 6.11. The molecule has 0 fully saturated rings. The van der Waals surface area contributed by atoms with E-state index in [1.54, 1.807) is 11.8 Å². The highest BCUT2D eigenvalue weighted by Crippen LogP contribution is 2.20. The second kappa shape index (κ2) is 7.24. The first kappa shape index (κ1) is 14.8. The molecule has 0 aromatic carbocycles. The SMILES string of the molecule is CCCNc1ccc(CSc2nc(C)cc(C)n2)cn1. The highest BCUT2D eigenvalue weighted by atomic mass is 32.2. The van der Waals surface area contributed by atoms with E-state index in [1.807, 2.05) is 32.2 Å². The molecule has 0 saturated carbocycles. The van der Waals surface area contributed by atoms with Crippen molar-refractivity contribution in [1.29, 1.82) is 0 Å². The maximum absolute atomic E-state index is 4.43. The smallest absolute Gasteiger partial charge is 0.188 e. The zero-order valence-electron chi connectivity index (χ0n) is 12.2. The lowest BCUT2D eigenvalue weighted by molar-refractivity contribution is 0.901. The van der Waals surface area contributed by atoms with Crippen LogP contribution >= 0.6 is 11.8 Å². The van der Waals surface area contributed by atoms with E-state index >= 15 is 0 Å². The Morgan fingerprint density at radius 3 is 2.50 bits per heavy atom. The summed E-state index contributed by atoms with van der Waals surface area (Å²) in [7, 11) is 0. The summed E-state index contributed by atoms with van der Waals surface area (Å²) in [4.78, 5) is 13.3. The minimum absolute atomic E-state index is 0.829. The van der Waals surface area contributed by atoms with E-state index in [0.29, 0.717) is 0 Å². The van der Waals surface area contributed by atoms with Gasteiger partial charge in [-0.05, 0) is 38.0 Å². The summed E-state index contributed by atoms with van der Waals surface area (Å²) in [6.45, 7) is 7.09. The maximum atomic E-state index is 4.43. The predicted molar refractivity (Wildman–Crippen MR) is 84.1 cm³/mol. The summed E-state index contributed by atoms with van der Waals surface area (Å²) in [5, 5.41) is 4.10. The predicted octanol–water partition coefficient (Wildman–Crippen LogP) is 3.60. The molecule has 20 heavy (non-hydrogen) atoms. The number of aromatic nitrogens is 3. The molecule has 2 aromatic rings. The van der Waals surface area contributed by atoms with Crippen LogP contribution in [0.5, 0.6) is 0 Å².